The lowest BCUT2D eigenvalue weighted by molar-refractivity contribution is 0.340. The van der Waals surface area contributed by atoms with E-state index < -0.39 is 0 Å². The van der Waals surface area contributed by atoms with E-state index in [4.69, 9.17) is 16.3 Å². The minimum Gasteiger partial charge on any atom is -0.492 e. The van der Waals surface area contributed by atoms with Crippen molar-refractivity contribution in [3.63, 3.8) is 0 Å². The Labute approximate surface area is 107 Å². The van der Waals surface area contributed by atoms with E-state index in [1.807, 2.05) is 25.1 Å². The van der Waals surface area contributed by atoms with E-state index in [1.165, 1.54) is 11.1 Å². The lowest BCUT2D eigenvalue weighted by atomic mass is 10.0. The highest BCUT2D eigenvalue weighted by atomic mass is 35.5. The molecule has 0 saturated carbocycles. The minimum atomic E-state index is 0.628. The quantitative estimate of drug-likeness (QED) is 0.762. The molecule has 0 fully saturated rings. The minimum absolute atomic E-state index is 0.628. The molecule has 0 saturated heterocycles. The average Bonchev–Trinajstić information content (AvgIpc) is 2.32. The molecule has 0 heterocycles. The number of aryl methyl sites for hydroxylation is 1. The Morgan fingerprint density at radius 1 is 1.06 bits per heavy atom. The molecule has 0 atom stereocenters. The van der Waals surface area contributed by atoms with Crippen molar-refractivity contribution in [1.29, 1.82) is 0 Å². The predicted molar refractivity (Wildman–Crippen MR) is 72.8 cm³/mol. The second kappa shape index (κ2) is 5.24. The summed E-state index contributed by atoms with van der Waals surface area (Å²) >= 11 is 6.17. The lowest BCUT2D eigenvalue weighted by Gasteiger charge is -2.08. The SMILES string of the molecule is CCOc1ccc(-c2cccc(C)c2)cc1Cl. The summed E-state index contributed by atoms with van der Waals surface area (Å²) in [6.45, 7) is 4.66. The van der Waals surface area contributed by atoms with E-state index >= 15 is 0 Å². The Morgan fingerprint density at radius 3 is 2.47 bits per heavy atom. The standard InChI is InChI=1S/C15H15ClO/c1-3-17-15-8-7-13(10-14(15)16)12-6-4-5-11(2)9-12/h4-10H,3H2,1-2H3. The van der Waals surface area contributed by atoms with Crippen molar-refractivity contribution >= 4 is 11.6 Å². The molecule has 88 valence electrons. The van der Waals surface area contributed by atoms with E-state index in [9.17, 15) is 0 Å². The third-order valence-corrected chi connectivity index (χ3v) is 2.88. The average molecular weight is 247 g/mol. The maximum absolute atomic E-state index is 6.17. The molecule has 2 heteroatoms. The molecule has 0 aliphatic rings. The fourth-order valence-electron chi connectivity index (χ4n) is 1.78. The zero-order chi connectivity index (χ0) is 12.3. The summed E-state index contributed by atoms with van der Waals surface area (Å²) in [5.41, 5.74) is 3.53. The molecule has 0 radical (unpaired) electrons. The summed E-state index contributed by atoms with van der Waals surface area (Å²) in [6, 6.07) is 14.3. The summed E-state index contributed by atoms with van der Waals surface area (Å²) in [5.74, 6) is 0.741. The van der Waals surface area contributed by atoms with Crippen molar-refractivity contribution in [2.75, 3.05) is 6.61 Å². The molecule has 0 spiro atoms. The third-order valence-electron chi connectivity index (χ3n) is 2.58. The van der Waals surface area contributed by atoms with Gasteiger partial charge in [-0.2, -0.15) is 0 Å². The summed E-state index contributed by atoms with van der Waals surface area (Å²) in [6.07, 6.45) is 0. The molecule has 2 rings (SSSR count). The van der Waals surface area contributed by atoms with Gasteiger partial charge in [-0.3, -0.25) is 0 Å². The van der Waals surface area contributed by atoms with Gasteiger partial charge in [0.25, 0.3) is 0 Å². The molecular formula is C15H15ClO. The second-order valence-electron chi connectivity index (χ2n) is 3.95. The second-order valence-corrected chi connectivity index (χ2v) is 4.35. The van der Waals surface area contributed by atoms with Gasteiger partial charge in [-0.05, 0) is 37.1 Å². The van der Waals surface area contributed by atoms with E-state index in [-0.39, 0.29) is 0 Å². The van der Waals surface area contributed by atoms with Crippen LogP contribution >= 0.6 is 11.6 Å². The van der Waals surface area contributed by atoms with E-state index in [0.29, 0.717) is 11.6 Å². The van der Waals surface area contributed by atoms with Crippen molar-refractivity contribution < 1.29 is 4.74 Å². The molecule has 2 aromatic carbocycles. The van der Waals surface area contributed by atoms with Gasteiger partial charge in [0.05, 0.1) is 11.6 Å². The molecule has 2 aromatic rings. The zero-order valence-corrected chi connectivity index (χ0v) is 10.8. The normalized spacial score (nSPS) is 10.3. The molecule has 17 heavy (non-hydrogen) atoms. The number of halogens is 1. The molecule has 0 amide bonds. The molecule has 0 aliphatic heterocycles. The highest BCUT2D eigenvalue weighted by Gasteiger charge is 2.04. The van der Waals surface area contributed by atoms with Crippen molar-refractivity contribution in [3.8, 4) is 16.9 Å². The van der Waals surface area contributed by atoms with Crippen LogP contribution < -0.4 is 4.74 Å². The number of benzene rings is 2. The Morgan fingerprint density at radius 2 is 1.82 bits per heavy atom. The predicted octanol–water partition coefficient (Wildman–Crippen LogP) is 4.71. The molecule has 0 aromatic heterocycles. The van der Waals surface area contributed by atoms with E-state index in [2.05, 4.69) is 31.2 Å². The van der Waals surface area contributed by atoms with Gasteiger partial charge in [0.15, 0.2) is 0 Å². The van der Waals surface area contributed by atoms with Gasteiger partial charge < -0.3 is 4.74 Å². The largest absolute Gasteiger partial charge is 0.492 e. The maximum atomic E-state index is 6.17. The van der Waals surface area contributed by atoms with Crippen molar-refractivity contribution in [2.45, 2.75) is 13.8 Å². The topological polar surface area (TPSA) is 9.23 Å². The van der Waals surface area contributed by atoms with Gasteiger partial charge in [0.1, 0.15) is 5.75 Å². The van der Waals surface area contributed by atoms with Gasteiger partial charge in [-0.25, -0.2) is 0 Å². The Hall–Kier alpha value is -1.47. The highest BCUT2D eigenvalue weighted by molar-refractivity contribution is 6.32. The number of hydrogen-bond acceptors (Lipinski definition) is 1. The monoisotopic (exact) mass is 246 g/mol. The first-order valence-electron chi connectivity index (χ1n) is 5.70. The molecule has 0 unspecified atom stereocenters. The van der Waals surface area contributed by atoms with Crippen LogP contribution in [0.4, 0.5) is 0 Å². The van der Waals surface area contributed by atoms with Gasteiger partial charge in [-0.1, -0.05) is 47.5 Å². The van der Waals surface area contributed by atoms with Crippen molar-refractivity contribution in [3.05, 3.63) is 53.1 Å². The van der Waals surface area contributed by atoms with Crippen LogP contribution in [0.3, 0.4) is 0 Å². The fraction of sp³-hybridized carbons (Fsp3) is 0.200. The summed E-state index contributed by atoms with van der Waals surface area (Å²) in [4.78, 5) is 0. The Kier molecular flexibility index (Phi) is 3.70. The van der Waals surface area contributed by atoms with Crippen LogP contribution in [0.15, 0.2) is 42.5 Å². The molecule has 0 N–H and O–H groups in total. The number of ether oxygens (including phenoxy) is 1. The van der Waals surface area contributed by atoms with Crippen LogP contribution in [-0.4, -0.2) is 6.61 Å². The van der Waals surface area contributed by atoms with Gasteiger partial charge in [0.2, 0.25) is 0 Å². The summed E-state index contributed by atoms with van der Waals surface area (Å²) in [7, 11) is 0. The van der Waals surface area contributed by atoms with Gasteiger partial charge >= 0.3 is 0 Å². The molecule has 0 bridgehead atoms. The van der Waals surface area contributed by atoms with Crippen LogP contribution in [0.2, 0.25) is 5.02 Å². The number of rotatable bonds is 3. The molecular weight excluding hydrogens is 232 g/mol. The van der Waals surface area contributed by atoms with Crippen LogP contribution in [0.25, 0.3) is 11.1 Å². The first-order valence-corrected chi connectivity index (χ1v) is 6.08. The molecule has 1 nitrogen and oxygen atoms in total. The summed E-state index contributed by atoms with van der Waals surface area (Å²) in [5, 5.41) is 0.658. The van der Waals surface area contributed by atoms with Crippen LogP contribution in [0, 0.1) is 6.92 Å². The van der Waals surface area contributed by atoms with Crippen LogP contribution in [0.1, 0.15) is 12.5 Å². The van der Waals surface area contributed by atoms with Crippen molar-refractivity contribution in [2.24, 2.45) is 0 Å². The van der Waals surface area contributed by atoms with Crippen LogP contribution in [0.5, 0.6) is 5.75 Å². The fourth-order valence-corrected chi connectivity index (χ4v) is 2.01. The lowest BCUT2D eigenvalue weighted by Crippen LogP contribution is -1.92. The molecule has 0 aliphatic carbocycles. The zero-order valence-electron chi connectivity index (χ0n) is 10.0. The third kappa shape index (κ3) is 2.80. The first-order chi connectivity index (χ1) is 8.20. The Balaban J connectivity index is 2.37. The summed E-state index contributed by atoms with van der Waals surface area (Å²) < 4.78 is 5.42. The van der Waals surface area contributed by atoms with E-state index in [1.54, 1.807) is 0 Å². The van der Waals surface area contributed by atoms with Crippen molar-refractivity contribution in [1.82, 2.24) is 0 Å². The maximum Gasteiger partial charge on any atom is 0.137 e. The smallest absolute Gasteiger partial charge is 0.137 e. The highest BCUT2D eigenvalue weighted by Crippen LogP contribution is 2.30. The Bertz CT molecular complexity index is 520. The van der Waals surface area contributed by atoms with E-state index in [0.717, 1.165) is 11.3 Å². The van der Waals surface area contributed by atoms with Gasteiger partial charge in [-0.15, -0.1) is 0 Å². The first kappa shape index (κ1) is 12.0. The van der Waals surface area contributed by atoms with Gasteiger partial charge in [0, 0.05) is 0 Å². The van der Waals surface area contributed by atoms with Crippen LogP contribution in [-0.2, 0) is 0 Å². The number of hydrogen-bond donors (Lipinski definition) is 0.